The number of halogens is 1. The zero-order valence-corrected chi connectivity index (χ0v) is 12.6. The van der Waals surface area contributed by atoms with Crippen LogP contribution in [0.3, 0.4) is 0 Å². The molecule has 1 amide bonds. The van der Waals surface area contributed by atoms with Gasteiger partial charge in [-0.2, -0.15) is 0 Å². The molecular weight excluding hydrogens is 302 g/mol. The summed E-state index contributed by atoms with van der Waals surface area (Å²) < 4.78 is 5.17. The van der Waals surface area contributed by atoms with E-state index in [1.54, 1.807) is 43.5 Å². The molecule has 0 saturated carbocycles. The lowest BCUT2D eigenvalue weighted by atomic mass is 10.2. The minimum absolute atomic E-state index is 0.288. The van der Waals surface area contributed by atoms with Gasteiger partial charge in [-0.05, 0) is 30.3 Å². The van der Waals surface area contributed by atoms with Crippen molar-refractivity contribution in [1.82, 2.24) is 4.98 Å². The van der Waals surface area contributed by atoms with E-state index in [1.807, 2.05) is 6.07 Å². The molecule has 0 fully saturated rings. The SMILES string of the molecule is COc1ccc2[nH]c(C(=O)Nc3ccccc3N)cc2c1Cl. The topological polar surface area (TPSA) is 80.1 Å². The second-order valence-electron chi connectivity index (χ2n) is 4.77. The Morgan fingerprint density at radius 3 is 2.77 bits per heavy atom. The molecule has 0 radical (unpaired) electrons. The third kappa shape index (κ3) is 2.46. The predicted molar refractivity (Wildman–Crippen MR) is 88.7 cm³/mol. The lowest BCUT2D eigenvalue weighted by Crippen LogP contribution is -2.13. The summed E-state index contributed by atoms with van der Waals surface area (Å²) >= 11 is 6.25. The van der Waals surface area contributed by atoms with E-state index in [9.17, 15) is 4.79 Å². The highest BCUT2D eigenvalue weighted by Gasteiger charge is 2.14. The normalized spacial score (nSPS) is 10.6. The number of hydrogen-bond acceptors (Lipinski definition) is 3. The Kier molecular flexibility index (Phi) is 3.65. The van der Waals surface area contributed by atoms with E-state index in [-0.39, 0.29) is 5.91 Å². The van der Waals surface area contributed by atoms with Crippen molar-refractivity contribution in [2.75, 3.05) is 18.2 Å². The maximum absolute atomic E-state index is 12.3. The number of carbonyl (C=O) groups excluding carboxylic acids is 1. The minimum atomic E-state index is -0.288. The van der Waals surface area contributed by atoms with Crippen molar-refractivity contribution >= 4 is 39.8 Å². The number of benzene rings is 2. The molecule has 1 heterocycles. The first-order valence-electron chi connectivity index (χ1n) is 6.61. The summed E-state index contributed by atoms with van der Waals surface area (Å²) in [5, 5.41) is 3.96. The van der Waals surface area contributed by atoms with Gasteiger partial charge in [0, 0.05) is 10.9 Å². The Balaban J connectivity index is 1.95. The standard InChI is InChI=1S/C16H14ClN3O2/c1-22-14-7-6-11-9(15(14)17)8-13(19-11)16(21)20-12-5-3-2-4-10(12)18/h2-8,19H,18H2,1H3,(H,20,21). The zero-order chi connectivity index (χ0) is 15.7. The number of para-hydroxylation sites is 2. The third-order valence-corrected chi connectivity index (χ3v) is 3.77. The van der Waals surface area contributed by atoms with Crippen molar-refractivity contribution in [3.63, 3.8) is 0 Å². The average Bonchev–Trinajstić information content (AvgIpc) is 2.95. The number of ether oxygens (including phenoxy) is 1. The maximum Gasteiger partial charge on any atom is 0.272 e. The Morgan fingerprint density at radius 2 is 2.05 bits per heavy atom. The number of aromatic nitrogens is 1. The number of rotatable bonds is 3. The molecule has 0 aliphatic heterocycles. The van der Waals surface area contributed by atoms with Gasteiger partial charge in [0.25, 0.3) is 5.91 Å². The highest BCUT2D eigenvalue weighted by molar-refractivity contribution is 6.37. The van der Waals surface area contributed by atoms with Crippen molar-refractivity contribution in [3.8, 4) is 5.75 Å². The molecule has 5 nitrogen and oxygen atoms in total. The second kappa shape index (κ2) is 5.61. The van der Waals surface area contributed by atoms with Crippen molar-refractivity contribution < 1.29 is 9.53 Å². The van der Waals surface area contributed by atoms with E-state index >= 15 is 0 Å². The number of H-pyrrole nitrogens is 1. The quantitative estimate of drug-likeness (QED) is 0.645. The summed E-state index contributed by atoms with van der Waals surface area (Å²) in [6, 6.07) is 12.3. The van der Waals surface area contributed by atoms with Crippen molar-refractivity contribution in [2.45, 2.75) is 0 Å². The van der Waals surface area contributed by atoms with Gasteiger partial charge in [-0.15, -0.1) is 0 Å². The molecule has 4 N–H and O–H groups in total. The smallest absolute Gasteiger partial charge is 0.272 e. The molecule has 0 bridgehead atoms. The highest BCUT2D eigenvalue weighted by atomic mass is 35.5. The van der Waals surface area contributed by atoms with Crippen molar-refractivity contribution in [1.29, 1.82) is 0 Å². The van der Waals surface area contributed by atoms with E-state index in [2.05, 4.69) is 10.3 Å². The molecule has 0 saturated heterocycles. The molecule has 0 aliphatic carbocycles. The molecule has 22 heavy (non-hydrogen) atoms. The van der Waals surface area contributed by atoms with Crippen LogP contribution >= 0.6 is 11.6 Å². The number of nitrogens with one attached hydrogen (secondary N) is 2. The fourth-order valence-corrected chi connectivity index (χ4v) is 2.53. The number of aromatic amines is 1. The first-order chi connectivity index (χ1) is 10.6. The maximum atomic E-state index is 12.3. The molecule has 0 unspecified atom stereocenters. The molecular formula is C16H14ClN3O2. The first-order valence-corrected chi connectivity index (χ1v) is 6.99. The van der Waals surface area contributed by atoms with Crippen LogP contribution in [0.2, 0.25) is 5.02 Å². The van der Waals surface area contributed by atoms with Crippen LogP contribution in [-0.4, -0.2) is 18.0 Å². The number of amides is 1. The van der Waals surface area contributed by atoms with Gasteiger partial charge in [0.15, 0.2) is 0 Å². The van der Waals surface area contributed by atoms with E-state index in [1.165, 1.54) is 0 Å². The summed E-state index contributed by atoms with van der Waals surface area (Å²) in [5.41, 5.74) is 8.05. The number of nitrogen functional groups attached to an aromatic ring is 1. The Hall–Kier alpha value is -2.66. The van der Waals surface area contributed by atoms with Crippen LogP contribution < -0.4 is 15.8 Å². The monoisotopic (exact) mass is 315 g/mol. The van der Waals surface area contributed by atoms with Gasteiger partial charge in [-0.1, -0.05) is 23.7 Å². The molecule has 112 valence electrons. The first kappa shape index (κ1) is 14.3. The van der Waals surface area contributed by atoms with Gasteiger partial charge in [-0.3, -0.25) is 4.79 Å². The van der Waals surface area contributed by atoms with Crippen LogP contribution in [0.5, 0.6) is 5.75 Å². The van der Waals surface area contributed by atoms with Crippen LogP contribution in [0.25, 0.3) is 10.9 Å². The summed E-state index contributed by atoms with van der Waals surface area (Å²) in [7, 11) is 1.55. The highest BCUT2D eigenvalue weighted by Crippen LogP contribution is 2.33. The molecule has 6 heteroatoms. The number of nitrogens with two attached hydrogens (primary N) is 1. The molecule has 3 aromatic rings. The number of carbonyl (C=O) groups is 1. The molecule has 0 atom stereocenters. The molecule has 2 aromatic carbocycles. The van der Waals surface area contributed by atoms with Crippen LogP contribution in [0.1, 0.15) is 10.5 Å². The summed E-state index contributed by atoms with van der Waals surface area (Å²) in [4.78, 5) is 15.4. The Morgan fingerprint density at radius 1 is 1.27 bits per heavy atom. The van der Waals surface area contributed by atoms with Gasteiger partial charge in [0.05, 0.1) is 23.5 Å². The lowest BCUT2D eigenvalue weighted by Gasteiger charge is -2.06. The molecule has 0 spiro atoms. The van der Waals surface area contributed by atoms with E-state index in [0.29, 0.717) is 27.8 Å². The van der Waals surface area contributed by atoms with Gasteiger partial charge < -0.3 is 20.8 Å². The van der Waals surface area contributed by atoms with Gasteiger partial charge in [0.2, 0.25) is 0 Å². The van der Waals surface area contributed by atoms with Crippen LogP contribution in [0, 0.1) is 0 Å². The predicted octanol–water partition coefficient (Wildman–Crippen LogP) is 3.66. The Bertz CT molecular complexity index is 858. The number of fused-ring (bicyclic) bond motifs is 1. The fraction of sp³-hybridized carbons (Fsp3) is 0.0625. The third-order valence-electron chi connectivity index (χ3n) is 3.38. The Labute approximate surface area is 132 Å². The lowest BCUT2D eigenvalue weighted by molar-refractivity contribution is 0.102. The summed E-state index contributed by atoms with van der Waals surface area (Å²) in [6.07, 6.45) is 0. The fourth-order valence-electron chi connectivity index (χ4n) is 2.23. The van der Waals surface area contributed by atoms with Crippen molar-refractivity contribution in [3.05, 3.63) is 53.2 Å². The van der Waals surface area contributed by atoms with Gasteiger partial charge >= 0.3 is 0 Å². The summed E-state index contributed by atoms with van der Waals surface area (Å²) in [6.45, 7) is 0. The number of anilines is 2. The van der Waals surface area contributed by atoms with E-state index in [0.717, 1.165) is 10.9 Å². The molecule has 0 aliphatic rings. The van der Waals surface area contributed by atoms with Crippen LogP contribution in [-0.2, 0) is 0 Å². The zero-order valence-electron chi connectivity index (χ0n) is 11.8. The van der Waals surface area contributed by atoms with E-state index in [4.69, 9.17) is 22.1 Å². The van der Waals surface area contributed by atoms with Crippen molar-refractivity contribution in [2.24, 2.45) is 0 Å². The molecule has 1 aromatic heterocycles. The van der Waals surface area contributed by atoms with Crippen LogP contribution in [0.4, 0.5) is 11.4 Å². The van der Waals surface area contributed by atoms with E-state index < -0.39 is 0 Å². The largest absolute Gasteiger partial charge is 0.495 e. The number of methoxy groups -OCH3 is 1. The van der Waals surface area contributed by atoms with Crippen LogP contribution in [0.15, 0.2) is 42.5 Å². The number of hydrogen-bond donors (Lipinski definition) is 3. The summed E-state index contributed by atoms with van der Waals surface area (Å²) in [5.74, 6) is 0.275. The average molecular weight is 316 g/mol. The second-order valence-corrected chi connectivity index (χ2v) is 5.15. The minimum Gasteiger partial charge on any atom is -0.495 e. The van der Waals surface area contributed by atoms with Gasteiger partial charge in [-0.25, -0.2) is 0 Å². The van der Waals surface area contributed by atoms with Gasteiger partial charge in [0.1, 0.15) is 11.4 Å². The molecule has 3 rings (SSSR count).